The van der Waals surface area contributed by atoms with Crippen molar-refractivity contribution in [3.63, 3.8) is 0 Å². The number of nitrogens with one attached hydrogen (secondary N) is 1. The summed E-state index contributed by atoms with van der Waals surface area (Å²) in [4.78, 5) is 31.1. The van der Waals surface area contributed by atoms with Gasteiger partial charge >= 0.3 is 0 Å². The molecular formula is C22H30N6O2. The third-order valence-corrected chi connectivity index (χ3v) is 5.75. The minimum atomic E-state index is -0.285. The van der Waals surface area contributed by atoms with Crippen LogP contribution >= 0.6 is 0 Å². The number of nitrogens with zero attached hydrogens (tertiary/aromatic N) is 4. The lowest BCUT2D eigenvalue weighted by molar-refractivity contribution is -0.122. The molecule has 8 nitrogen and oxygen atoms in total. The molecule has 3 N–H and O–H groups in total. The maximum Gasteiger partial charge on any atom is 0.274 e. The minimum Gasteiger partial charge on any atom is -0.369 e. The average molecular weight is 411 g/mol. The second-order valence-corrected chi connectivity index (χ2v) is 9.36. The van der Waals surface area contributed by atoms with Crippen LogP contribution in [0, 0.1) is 5.92 Å². The zero-order chi connectivity index (χ0) is 21.5. The highest BCUT2D eigenvalue weighted by atomic mass is 16.2. The SMILES string of the molecule is CC(C)(C)n1nc(C2CC2)cc1C(=O)Nc1ccc(N2CCCC(C(N)=O)C2)nc1. The van der Waals surface area contributed by atoms with Gasteiger partial charge in [0.15, 0.2) is 0 Å². The number of nitrogens with two attached hydrogens (primary N) is 1. The molecule has 2 aromatic rings. The molecule has 160 valence electrons. The molecule has 30 heavy (non-hydrogen) atoms. The molecule has 0 radical (unpaired) electrons. The van der Waals surface area contributed by atoms with Crippen LogP contribution in [0.25, 0.3) is 0 Å². The molecule has 2 aromatic heterocycles. The van der Waals surface area contributed by atoms with Gasteiger partial charge in [-0.05, 0) is 64.7 Å². The lowest BCUT2D eigenvalue weighted by Gasteiger charge is -2.32. The second-order valence-electron chi connectivity index (χ2n) is 9.36. The molecule has 0 aromatic carbocycles. The standard InChI is InChI=1S/C22H30N6O2/c1-22(2,3)28-18(11-17(26-28)14-6-7-14)21(30)25-16-8-9-19(24-12-16)27-10-4-5-15(13-27)20(23)29/h8-9,11-12,14-15H,4-7,10,13H2,1-3H3,(H2,23,29)(H,25,30). The van der Waals surface area contributed by atoms with E-state index in [1.54, 1.807) is 6.20 Å². The van der Waals surface area contributed by atoms with Gasteiger partial charge in [-0.15, -0.1) is 0 Å². The summed E-state index contributed by atoms with van der Waals surface area (Å²) in [5, 5.41) is 7.64. The van der Waals surface area contributed by atoms with E-state index in [-0.39, 0.29) is 23.3 Å². The molecule has 2 amide bonds. The number of piperidine rings is 1. The number of carbonyl (C=O) groups excluding carboxylic acids is 2. The molecule has 1 unspecified atom stereocenters. The zero-order valence-electron chi connectivity index (χ0n) is 17.9. The molecule has 1 aliphatic heterocycles. The summed E-state index contributed by atoms with van der Waals surface area (Å²) in [5.41, 5.74) is 7.37. The Hall–Kier alpha value is -2.90. The smallest absolute Gasteiger partial charge is 0.274 e. The quantitative estimate of drug-likeness (QED) is 0.788. The fraction of sp³-hybridized carbons (Fsp3) is 0.545. The van der Waals surface area contributed by atoms with Crippen LogP contribution in [0.3, 0.4) is 0 Å². The molecule has 2 fully saturated rings. The Balaban J connectivity index is 1.47. The first-order chi connectivity index (χ1) is 14.2. The summed E-state index contributed by atoms with van der Waals surface area (Å²) in [5.74, 6) is 0.679. The van der Waals surface area contributed by atoms with Gasteiger partial charge in [0.25, 0.3) is 5.91 Å². The molecule has 8 heteroatoms. The summed E-state index contributed by atoms with van der Waals surface area (Å²) < 4.78 is 1.81. The molecule has 1 aliphatic carbocycles. The fourth-order valence-corrected chi connectivity index (χ4v) is 3.91. The largest absolute Gasteiger partial charge is 0.369 e. The number of aromatic nitrogens is 3. The number of hydrogen-bond acceptors (Lipinski definition) is 5. The van der Waals surface area contributed by atoms with Crippen LogP contribution in [0.5, 0.6) is 0 Å². The van der Waals surface area contributed by atoms with Gasteiger partial charge in [-0.25, -0.2) is 4.98 Å². The van der Waals surface area contributed by atoms with Crippen LogP contribution in [-0.2, 0) is 10.3 Å². The molecule has 1 saturated carbocycles. The first kappa shape index (κ1) is 20.4. The van der Waals surface area contributed by atoms with Crippen LogP contribution in [0.2, 0.25) is 0 Å². The van der Waals surface area contributed by atoms with Gasteiger partial charge in [0.1, 0.15) is 11.5 Å². The van der Waals surface area contributed by atoms with Crippen molar-refractivity contribution in [2.45, 2.75) is 57.9 Å². The highest BCUT2D eigenvalue weighted by molar-refractivity contribution is 6.03. The Morgan fingerprint density at radius 1 is 1.20 bits per heavy atom. The van der Waals surface area contributed by atoms with E-state index in [1.165, 1.54) is 0 Å². The van der Waals surface area contributed by atoms with Crippen molar-refractivity contribution in [3.8, 4) is 0 Å². The van der Waals surface area contributed by atoms with E-state index in [1.807, 2.05) is 43.7 Å². The normalized spacial score (nSPS) is 19.6. The van der Waals surface area contributed by atoms with Crippen molar-refractivity contribution in [2.75, 3.05) is 23.3 Å². The molecule has 0 spiro atoms. The van der Waals surface area contributed by atoms with Crippen LogP contribution < -0.4 is 16.0 Å². The number of amides is 2. The van der Waals surface area contributed by atoms with Crippen molar-refractivity contribution < 1.29 is 9.59 Å². The molecule has 2 aliphatic rings. The lowest BCUT2D eigenvalue weighted by Crippen LogP contribution is -2.41. The Bertz CT molecular complexity index is 940. The number of carbonyl (C=O) groups is 2. The summed E-state index contributed by atoms with van der Waals surface area (Å²) in [6, 6.07) is 5.63. The van der Waals surface area contributed by atoms with Crippen molar-refractivity contribution in [1.82, 2.24) is 14.8 Å². The average Bonchev–Trinajstić information content (AvgIpc) is 3.45. The van der Waals surface area contributed by atoms with Crippen molar-refractivity contribution >= 4 is 23.3 Å². The lowest BCUT2D eigenvalue weighted by atomic mass is 9.97. The fourth-order valence-electron chi connectivity index (χ4n) is 3.91. The first-order valence-corrected chi connectivity index (χ1v) is 10.6. The van der Waals surface area contributed by atoms with E-state index in [2.05, 4.69) is 15.2 Å². The van der Waals surface area contributed by atoms with Crippen LogP contribution in [0.1, 0.15) is 68.6 Å². The molecule has 4 rings (SSSR count). The third-order valence-electron chi connectivity index (χ3n) is 5.75. The molecule has 3 heterocycles. The van der Waals surface area contributed by atoms with Crippen molar-refractivity contribution in [2.24, 2.45) is 11.7 Å². The van der Waals surface area contributed by atoms with E-state index in [9.17, 15) is 9.59 Å². The van der Waals surface area contributed by atoms with Crippen LogP contribution in [-0.4, -0.2) is 39.7 Å². The summed E-state index contributed by atoms with van der Waals surface area (Å²) in [6.45, 7) is 7.56. The first-order valence-electron chi connectivity index (χ1n) is 10.6. The Labute approximate surface area is 176 Å². The van der Waals surface area contributed by atoms with Gasteiger partial charge in [-0.3, -0.25) is 14.3 Å². The Morgan fingerprint density at radius 3 is 2.57 bits per heavy atom. The van der Waals surface area contributed by atoms with E-state index in [0.29, 0.717) is 23.8 Å². The van der Waals surface area contributed by atoms with E-state index < -0.39 is 0 Å². The van der Waals surface area contributed by atoms with Gasteiger partial charge in [0.05, 0.1) is 29.0 Å². The van der Waals surface area contributed by atoms with Crippen LogP contribution in [0.4, 0.5) is 11.5 Å². The molecule has 1 atom stereocenters. The predicted molar refractivity (Wildman–Crippen MR) is 116 cm³/mol. The molecular weight excluding hydrogens is 380 g/mol. The van der Waals surface area contributed by atoms with Gasteiger partial charge in [0, 0.05) is 19.0 Å². The minimum absolute atomic E-state index is 0.140. The number of hydrogen-bond donors (Lipinski definition) is 2. The van der Waals surface area contributed by atoms with Crippen LogP contribution in [0.15, 0.2) is 24.4 Å². The van der Waals surface area contributed by atoms with Gasteiger partial charge in [-0.2, -0.15) is 5.10 Å². The van der Waals surface area contributed by atoms with Gasteiger partial charge in [-0.1, -0.05) is 0 Å². The maximum atomic E-state index is 13.0. The topological polar surface area (TPSA) is 106 Å². The molecule has 0 bridgehead atoms. The zero-order valence-corrected chi connectivity index (χ0v) is 17.9. The monoisotopic (exact) mass is 410 g/mol. The highest BCUT2D eigenvalue weighted by Crippen LogP contribution is 2.40. The van der Waals surface area contributed by atoms with Gasteiger partial charge in [0.2, 0.25) is 5.91 Å². The van der Waals surface area contributed by atoms with E-state index >= 15 is 0 Å². The third kappa shape index (κ3) is 4.32. The highest BCUT2D eigenvalue weighted by Gasteiger charge is 2.31. The van der Waals surface area contributed by atoms with Crippen molar-refractivity contribution in [3.05, 3.63) is 35.8 Å². The maximum absolute atomic E-state index is 13.0. The number of primary amides is 1. The summed E-state index contributed by atoms with van der Waals surface area (Å²) in [7, 11) is 0. The van der Waals surface area contributed by atoms with E-state index in [4.69, 9.17) is 10.8 Å². The van der Waals surface area contributed by atoms with Gasteiger partial charge < -0.3 is 16.0 Å². The number of rotatable bonds is 5. The number of pyridine rings is 1. The van der Waals surface area contributed by atoms with Crippen molar-refractivity contribution in [1.29, 1.82) is 0 Å². The summed E-state index contributed by atoms with van der Waals surface area (Å²) >= 11 is 0. The number of anilines is 2. The Kier molecular flexibility index (Phi) is 5.26. The predicted octanol–water partition coefficient (Wildman–Crippen LogP) is 2.86. The molecule has 1 saturated heterocycles. The Morgan fingerprint density at radius 2 is 1.97 bits per heavy atom. The second kappa shape index (κ2) is 7.74. The van der Waals surface area contributed by atoms with E-state index in [0.717, 1.165) is 43.7 Å². The summed E-state index contributed by atoms with van der Waals surface area (Å²) in [6.07, 6.45) is 5.67.